The van der Waals surface area contributed by atoms with Crippen molar-refractivity contribution in [3.8, 4) is 0 Å². The molecule has 0 aliphatic heterocycles. The third-order valence-electron chi connectivity index (χ3n) is 1.75. The maximum atomic E-state index is 10.9. The first kappa shape index (κ1) is 13.4. The summed E-state index contributed by atoms with van der Waals surface area (Å²) in [7, 11) is 0. The van der Waals surface area contributed by atoms with Crippen molar-refractivity contribution in [1.29, 1.82) is 0 Å². The standard InChI is InChI=1S/C11H22O3/c1-3-7-11(12)14-10-6-5-9-13-8-4-2/h3-10H2,1-2H3. The summed E-state index contributed by atoms with van der Waals surface area (Å²) in [6.45, 7) is 6.20. The average Bonchev–Trinajstić information content (AvgIpc) is 2.17. The molecule has 0 saturated carbocycles. The minimum atomic E-state index is -0.0815. The molecule has 0 N–H and O–H groups in total. The Hall–Kier alpha value is -0.570. The third kappa shape index (κ3) is 9.52. The number of ether oxygens (including phenoxy) is 2. The van der Waals surface area contributed by atoms with Crippen molar-refractivity contribution in [3.63, 3.8) is 0 Å². The van der Waals surface area contributed by atoms with Gasteiger partial charge in [-0.3, -0.25) is 4.79 Å². The zero-order valence-corrected chi connectivity index (χ0v) is 9.38. The van der Waals surface area contributed by atoms with Crippen LogP contribution >= 0.6 is 0 Å². The van der Waals surface area contributed by atoms with E-state index >= 15 is 0 Å². The first-order valence-corrected chi connectivity index (χ1v) is 5.54. The van der Waals surface area contributed by atoms with E-state index in [0.717, 1.165) is 38.9 Å². The van der Waals surface area contributed by atoms with E-state index in [2.05, 4.69) is 6.92 Å². The molecule has 0 atom stereocenters. The predicted octanol–water partition coefficient (Wildman–Crippen LogP) is 2.54. The Labute approximate surface area is 86.8 Å². The lowest BCUT2D eigenvalue weighted by Crippen LogP contribution is -2.06. The van der Waals surface area contributed by atoms with E-state index in [1.54, 1.807) is 0 Å². The van der Waals surface area contributed by atoms with Crippen LogP contribution in [0.2, 0.25) is 0 Å². The highest BCUT2D eigenvalue weighted by Crippen LogP contribution is 1.96. The predicted molar refractivity (Wildman–Crippen MR) is 56.2 cm³/mol. The Kier molecular flexibility index (Phi) is 10.1. The number of unbranched alkanes of at least 4 members (excludes halogenated alkanes) is 1. The second-order valence-corrected chi connectivity index (χ2v) is 3.29. The van der Waals surface area contributed by atoms with Gasteiger partial charge >= 0.3 is 5.97 Å². The fraction of sp³-hybridized carbons (Fsp3) is 0.909. The van der Waals surface area contributed by atoms with E-state index in [0.29, 0.717) is 13.0 Å². The molecule has 0 aliphatic rings. The van der Waals surface area contributed by atoms with Crippen molar-refractivity contribution in [2.45, 2.75) is 46.0 Å². The van der Waals surface area contributed by atoms with Gasteiger partial charge in [0.05, 0.1) is 6.61 Å². The Bertz CT molecular complexity index is 134. The van der Waals surface area contributed by atoms with E-state index in [1.165, 1.54) is 0 Å². The normalized spacial score (nSPS) is 10.1. The summed E-state index contributed by atoms with van der Waals surface area (Å²) in [5, 5.41) is 0. The lowest BCUT2D eigenvalue weighted by molar-refractivity contribution is -0.143. The van der Waals surface area contributed by atoms with Gasteiger partial charge in [0.2, 0.25) is 0 Å². The molecule has 0 aromatic carbocycles. The molecule has 0 unspecified atom stereocenters. The minimum absolute atomic E-state index is 0.0815. The average molecular weight is 202 g/mol. The summed E-state index contributed by atoms with van der Waals surface area (Å²) in [4.78, 5) is 10.9. The molecule has 0 aromatic rings. The highest BCUT2D eigenvalue weighted by molar-refractivity contribution is 5.69. The SMILES string of the molecule is CCCOCCCCOC(=O)CCC. The molecule has 0 fully saturated rings. The first-order valence-electron chi connectivity index (χ1n) is 5.54. The quantitative estimate of drug-likeness (QED) is 0.426. The monoisotopic (exact) mass is 202 g/mol. The molecular weight excluding hydrogens is 180 g/mol. The number of esters is 1. The molecule has 0 saturated heterocycles. The van der Waals surface area contributed by atoms with Gasteiger partial charge in [-0.15, -0.1) is 0 Å². The van der Waals surface area contributed by atoms with E-state index in [-0.39, 0.29) is 5.97 Å². The Morgan fingerprint density at radius 2 is 1.71 bits per heavy atom. The number of hydrogen-bond acceptors (Lipinski definition) is 3. The first-order chi connectivity index (χ1) is 6.81. The molecule has 0 aromatic heterocycles. The van der Waals surface area contributed by atoms with Crippen LogP contribution in [0.5, 0.6) is 0 Å². The molecule has 0 rings (SSSR count). The topological polar surface area (TPSA) is 35.5 Å². The molecule has 0 bridgehead atoms. The van der Waals surface area contributed by atoms with Gasteiger partial charge in [0.1, 0.15) is 0 Å². The minimum Gasteiger partial charge on any atom is -0.466 e. The highest BCUT2D eigenvalue weighted by atomic mass is 16.5. The van der Waals surface area contributed by atoms with Gasteiger partial charge in [-0.2, -0.15) is 0 Å². The van der Waals surface area contributed by atoms with Gasteiger partial charge in [0.15, 0.2) is 0 Å². The van der Waals surface area contributed by atoms with Crippen LogP contribution in [0.25, 0.3) is 0 Å². The Morgan fingerprint density at radius 3 is 2.36 bits per heavy atom. The lowest BCUT2D eigenvalue weighted by atomic mass is 10.3. The van der Waals surface area contributed by atoms with Gasteiger partial charge in [0, 0.05) is 19.6 Å². The molecule has 0 spiro atoms. The summed E-state index contributed by atoms with van der Waals surface area (Å²) in [5.74, 6) is -0.0815. The van der Waals surface area contributed by atoms with Crippen LogP contribution in [0.3, 0.4) is 0 Å². The van der Waals surface area contributed by atoms with E-state index in [1.807, 2.05) is 6.92 Å². The molecule has 0 radical (unpaired) electrons. The zero-order chi connectivity index (χ0) is 10.6. The van der Waals surface area contributed by atoms with Crippen LogP contribution in [0, 0.1) is 0 Å². The second kappa shape index (κ2) is 10.5. The van der Waals surface area contributed by atoms with Crippen LogP contribution in [0.4, 0.5) is 0 Å². The molecule has 0 aliphatic carbocycles. The zero-order valence-electron chi connectivity index (χ0n) is 9.38. The third-order valence-corrected chi connectivity index (χ3v) is 1.75. The van der Waals surface area contributed by atoms with Crippen LogP contribution < -0.4 is 0 Å². The van der Waals surface area contributed by atoms with Crippen LogP contribution in [-0.4, -0.2) is 25.8 Å². The fourth-order valence-corrected chi connectivity index (χ4v) is 1.01. The number of carbonyl (C=O) groups excluding carboxylic acids is 1. The Balaban J connectivity index is 3.01. The largest absolute Gasteiger partial charge is 0.466 e. The van der Waals surface area contributed by atoms with Crippen LogP contribution in [-0.2, 0) is 14.3 Å². The summed E-state index contributed by atoms with van der Waals surface area (Å²) in [6, 6.07) is 0. The van der Waals surface area contributed by atoms with Crippen molar-refractivity contribution >= 4 is 5.97 Å². The maximum absolute atomic E-state index is 10.9. The van der Waals surface area contributed by atoms with Crippen molar-refractivity contribution in [2.75, 3.05) is 19.8 Å². The number of rotatable bonds is 9. The van der Waals surface area contributed by atoms with Crippen molar-refractivity contribution < 1.29 is 14.3 Å². The molecule has 14 heavy (non-hydrogen) atoms. The van der Waals surface area contributed by atoms with Crippen molar-refractivity contribution in [2.24, 2.45) is 0 Å². The van der Waals surface area contributed by atoms with E-state index in [9.17, 15) is 4.79 Å². The van der Waals surface area contributed by atoms with Crippen molar-refractivity contribution in [3.05, 3.63) is 0 Å². The van der Waals surface area contributed by atoms with Crippen molar-refractivity contribution in [1.82, 2.24) is 0 Å². The number of hydrogen-bond donors (Lipinski definition) is 0. The summed E-state index contributed by atoms with van der Waals surface area (Å²) < 4.78 is 10.3. The summed E-state index contributed by atoms with van der Waals surface area (Å²) in [5.41, 5.74) is 0. The smallest absolute Gasteiger partial charge is 0.305 e. The lowest BCUT2D eigenvalue weighted by Gasteiger charge is -2.04. The maximum Gasteiger partial charge on any atom is 0.305 e. The van der Waals surface area contributed by atoms with Gasteiger partial charge < -0.3 is 9.47 Å². The second-order valence-electron chi connectivity index (χ2n) is 3.29. The highest BCUT2D eigenvalue weighted by Gasteiger charge is 1.99. The van der Waals surface area contributed by atoms with Gasteiger partial charge in [-0.05, 0) is 25.7 Å². The summed E-state index contributed by atoms with van der Waals surface area (Å²) in [6.07, 6.45) is 4.33. The molecule has 3 nitrogen and oxygen atoms in total. The molecular formula is C11H22O3. The van der Waals surface area contributed by atoms with Gasteiger partial charge in [0.25, 0.3) is 0 Å². The number of carbonyl (C=O) groups is 1. The molecule has 0 amide bonds. The molecule has 3 heteroatoms. The van der Waals surface area contributed by atoms with E-state index in [4.69, 9.17) is 9.47 Å². The van der Waals surface area contributed by atoms with Gasteiger partial charge in [-0.1, -0.05) is 13.8 Å². The Morgan fingerprint density at radius 1 is 1.00 bits per heavy atom. The molecule has 84 valence electrons. The summed E-state index contributed by atoms with van der Waals surface area (Å²) >= 11 is 0. The van der Waals surface area contributed by atoms with E-state index < -0.39 is 0 Å². The van der Waals surface area contributed by atoms with Crippen LogP contribution in [0.1, 0.15) is 46.0 Å². The molecule has 0 heterocycles. The van der Waals surface area contributed by atoms with Gasteiger partial charge in [-0.25, -0.2) is 0 Å². The fourth-order valence-electron chi connectivity index (χ4n) is 1.01. The van der Waals surface area contributed by atoms with Crippen LogP contribution in [0.15, 0.2) is 0 Å².